The molecule has 0 unspecified atom stereocenters. The normalized spacial score (nSPS) is 18.5. The number of carboxylic acid groups (broad SMARTS) is 1. The van der Waals surface area contributed by atoms with E-state index in [4.69, 9.17) is 5.11 Å². The average Bonchev–Trinajstić information content (AvgIpc) is 2.77. The predicted molar refractivity (Wildman–Crippen MR) is 54.8 cm³/mol. The molecular formula is C10H13NO2S. The molecule has 76 valence electrons. The van der Waals surface area contributed by atoms with E-state index in [2.05, 4.69) is 18.8 Å². The molecule has 0 bridgehead atoms. The van der Waals surface area contributed by atoms with E-state index in [1.165, 1.54) is 11.3 Å². The Balaban J connectivity index is 2.30. The first-order chi connectivity index (χ1) is 6.56. The molecule has 1 fully saturated rings. The molecule has 0 aliphatic heterocycles. The minimum Gasteiger partial charge on any atom is -0.481 e. The van der Waals surface area contributed by atoms with Crippen molar-refractivity contribution in [1.29, 1.82) is 0 Å². The second-order valence-electron chi connectivity index (χ2n) is 4.12. The molecule has 0 amide bonds. The lowest BCUT2D eigenvalue weighted by Crippen LogP contribution is -2.19. The molecule has 0 radical (unpaired) electrons. The van der Waals surface area contributed by atoms with E-state index in [0.29, 0.717) is 5.92 Å². The van der Waals surface area contributed by atoms with E-state index in [0.717, 1.165) is 23.5 Å². The van der Waals surface area contributed by atoms with E-state index in [9.17, 15) is 4.79 Å². The van der Waals surface area contributed by atoms with Gasteiger partial charge in [-0.25, -0.2) is 4.98 Å². The molecule has 4 heteroatoms. The summed E-state index contributed by atoms with van der Waals surface area (Å²) in [7, 11) is 0. The summed E-state index contributed by atoms with van der Waals surface area (Å²) in [5.74, 6) is -0.341. The van der Waals surface area contributed by atoms with Gasteiger partial charge in [0.25, 0.3) is 0 Å². The van der Waals surface area contributed by atoms with Crippen molar-refractivity contribution in [3.63, 3.8) is 0 Å². The quantitative estimate of drug-likeness (QED) is 0.835. The predicted octanol–water partition coefficient (Wildman–Crippen LogP) is 2.38. The first kappa shape index (κ1) is 9.65. The van der Waals surface area contributed by atoms with Gasteiger partial charge in [-0.1, -0.05) is 13.8 Å². The number of aromatic nitrogens is 1. The van der Waals surface area contributed by atoms with Gasteiger partial charge < -0.3 is 5.11 Å². The molecule has 1 aromatic rings. The zero-order chi connectivity index (χ0) is 10.3. The van der Waals surface area contributed by atoms with Crippen LogP contribution in [0.5, 0.6) is 0 Å². The lowest BCUT2D eigenvalue weighted by atomic mass is 10.1. The van der Waals surface area contributed by atoms with Crippen LogP contribution in [0.4, 0.5) is 0 Å². The minimum absolute atomic E-state index is 0.379. The summed E-state index contributed by atoms with van der Waals surface area (Å²) in [4.78, 5) is 15.4. The van der Waals surface area contributed by atoms with Crippen LogP contribution in [-0.4, -0.2) is 16.1 Å². The minimum atomic E-state index is -0.720. The van der Waals surface area contributed by atoms with E-state index >= 15 is 0 Å². The van der Waals surface area contributed by atoms with Crippen LogP contribution in [0.1, 0.15) is 43.3 Å². The Morgan fingerprint density at radius 3 is 2.64 bits per heavy atom. The van der Waals surface area contributed by atoms with Crippen molar-refractivity contribution in [2.24, 2.45) is 0 Å². The highest BCUT2D eigenvalue weighted by atomic mass is 32.1. The summed E-state index contributed by atoms with van der Waals surface area (Å²) in [6.45, 7) is 4.14. The fourth-order valence-corrected chi connectivity index (χ4v) is 2.65. The van der Waals surface area contributed by atoms with Crippen LogP contribution in [0.25, 0.3) is 0 Å². The summed E-state index contributed by atoms with van der Waals surface area (Å²) < 4.78 is 0. The van der Waals surface area contributed by atoms with Crippen LogP contribution in [0.3, 0.4) is 0 Å². The Bertz CT molecular complexity index is 366. The summed E-state index contributed by atoms with van der Waals surface area (Å²) in [6, 6.07) is 0. The van der Waals surface area contributed by atoms with E-state index in [-0.39, 0.29) is 0 Å². The third-order valence-corrected chi connectivity index (χ3v) is 3.75. The second kappa shape index (κ2) is 3.05. The maximum Gasteiger partial charge on any atom is 0.316 e. The van der Waals surface area contributed by atoms with Crippen LogP contribution < -0.4 is 0 Å². The Labute approximate surface area is 86.8 Å². The van der Waals surface area contributed by atoms with Gasteiger partial charge in [0, 0.05) is 5.38 Å². The summed E-state index contributed by atoms with van der Waals surface area (Å²) in [5, 5.41) is 11.8. The smallest absolute Gasteiger partial charge is 0.316 e. The lowest BCUT2D eigenvalue weighted by molar-refractivity contribution is -0.140. The van der Waals surface area contributed by atoms with Gasteiger partial charge in [-0.2, -0.15) is 0 Å². The first-order valence-corrected chi connectivity index (χ1v) is 5.63. The van der Waals surface area contributed by atoms with Crippen molar-refractivity contribution in [3.05, 3.63) is 16.1 Å². The number of nitrogens with zero attached hydrogens (tertiary/aromatic N) is 1. The number of carboxylic acids is 1. The van der Waals surface area contributed by atoms with Gasteiger partial charge in [0.05, 0.1) is 5.69 Å². The highest BCUT2D eigenvalue weighted by molar-refractivity contribution is 7.10. The van der Waals surface area contributed by atoms with Crippen LogP contribution in [0, 0.1) is 0 Å². The van der Waals surface area contributed by atoms with E-state index in [1.54, 1.807) is 0 Å². The molecule has 1 saturated carbocycles. The fraction of sp³-hybridized carbons (Fsp3) is 0.600. The highest BCUT2D eigenvalue weighted by Crippen LogP contribution is 2.49. The lowest BCUT2D eigenvalue weighted by Gasteiger charge is -2.04. The topological polar surface area (TPSA) is 50.2 Å². The Morgan fingerprint density at radius 2 is 2.29 bits per heavy atom. The summed E-state index contributed by atoms with van der Waals surface area (Å²) in [5.41, 5.74) is 0.384. The molecule has 0 atom stereocenters. The van der Waals surface area contributed by atoms with Crippen LogP contribution in [-0.2, 0) is 10.2 Å². The monoisotopic (exact) mass is 211 g/mol. The van der Waals surface area contributed by atoms with Gasteiger partial charge >= 0.3 is 5.97 Å². The van der Waals surface area contributed by atoms with Crippen molar-refractivity contribution < 1.29 is 9.90 Å². The highest BCUT2D eigenvalue weighted by Gasteiger charge is 2.54. The van der Waals surface area contributed by atoms with Gasteiger partial charge in [-0.05, 0) is 18.8 Å². The number of rotatable bonds is 3. The van der Waals surface area contributed by atoms with Gasteiger partial charge in [-0.15, -0.1) is 11.3 Å². The number of hydrogen-bond donors (Lipinski definition) is 1. The molecular weight excluding hydrogens is 198 g/mol. The maximum absolute atomic E-state index is 11.0. The molecule has 0 saturated heterocycles. The zero-order valence-electron chi connectivity index (χ0n) is 8.28. The standard InChI is InChI=1S/C10H13NO2S/c1-6(2)7-5-14-8(11-7)10(3-4-10)9(12)13/h5-6H,3-4H2,1-2H3,(H,12,13). The summed E-state index contributed by atoms with van der Waals surface area (Å²) >= 11 is 1.48. The molecule has 0 spiro atoms. The second-order valence-corrected chi connectivity index (χ2v) is 4.98. The van der Waals surface area contributed by atoms with Gasteiger partial charge in [0.15, 0.2) is 0 Å². The first-order valence-electron chi connectivity index (χ1n) is 4.75. The van der Waals surface area contributed by atoms with E-state index in [1.807, 2.05) is 5.38 Å². The van der Waals surface area contributed by atoms with Gasteiger partial charge in [0.1, 0.15) is 10.4 Å². The molecule has 14 heavy (non-hydrogen) atoms. The Hall–Kier alpha value is -0.900. The Kier molecular flexibility index (Phi) is 2.10. The van der Waals surface area contributed by atoms with Gasteiger partial charge in [-0.3, -0.25) is 4.79 Å². The molecule has 3 nitrogen and oxygen atoms in total. The summed E-state index contributed by atoms with van der Waals surface area (Å²) in [6.07, 6.45) is 1.49. The Morgan fingerprint density at radius 1 is 1.64 bits per heavy atom. The van der Waals surface area contributed by atoms with Gasteiger partial charge in [0.2, 0.25) is 0 Å². The number of thiazole rings is 1. The average molecular weight is 211 g/mol. The third kappa shape index (κ3) is 1.34. The van der Waals surface area contributed by atoms with Crippen LogP contribution in [0.2, 0.25) is 0 Å². The number of hydrogen-bond acceptors (Lipinski definition) is 3. The molecule has 1 aliphatic carbocycles. The molecule has 1 aliphatic rings. The largest absolute Gasteiger partial charge is 0.481 e. The van der Waals surface area contributed by atoms with Crippen molar-refractivity contribution >= 4 is 17.3 Å². The van der Waals surface area contributed by atoms with Crippen molar-refractivity contribution in [1.82, 2.24) is 4.98 Å². The zero-order valence-corrected chi connectivity index (χ0v) is 9.10. The van der Waals surface area contributed by atoms with Crippen LogP contribution in [0.15, 0.2) is 5.38 Å². The SMILES string of the molecule is CC(C)c1csc(C2(C(=O)O)CC2)n1. The third-order valence-electron chi connectivity index (χ3n) is 2.68. The molecule has 2 rings (SSSR count). The fourth-order valence-electron chi connectivity index (χ4n) is 1.42. The van der Waals surface area contributed by atoms with Crippen molar-refractivity contribution in [3.8, 4) is 0 Å². The van der Waals surface area contributed by atoms with Crippen molar-refractivity contribution in [2.45, 2.75) is 38.0 Å². The molecule has 0 aromatic carbocycles. The number of aliphatic carboxylic acids is 1. The molecule has 1 aromatic heterocycles. The maximum atomic E-state index is 11.0. The molecule has 1 heterocycles. The van der Waals surface area contributed by atoms with Crippen LogP contribution >= 0.6 is 11.3 Å². The van der Waals surface area contributed by atoms with Crippen molar-refractivity contribution in [2.75, 3.05) is 0 Å². The van der Waals surface area contributed by atoms with E-state index < -0.39 is 11.4 Å². The number of carbonyl (C=O) groups is 1. The molecule has 1 N–H and O–H groups in total.